The quantitative estimate of drug-likeness (QED) is 0.867. The molecule has 0 unspecified atom stereocenters. The fourth-order valence-electron chi connectivity index (χ4n) is 2.64. The van der Waals surface area contributed by atoms with Crippen LogP contribution in [0.25, 0.3) is 0 Å². The molecular weight excluding hydrogens is 311 g/mol. The van der Waals surface area contributed by atoms with Crippen LogP contribution in [0.5, 0.6) is 0 Å². The van der Waals surface area contributed by atoms with Crippen molar-refractivity contribution in [2.24, 2.45) is 5.41 Å². The normalized spacial score (nSPS) is 30.3. The molecule has 4 nitrogen and oxygen atoms in total. The maximum Gasteiger partial charge on any atom is 0.249 e. The van der Waals surface area contributed by atoms with E-state index in [1.54, 1.807) is 11.8 Å². The number of benzene rings is 1. The number of nitrogens with one attached hydrogen (secondary N) is 1. The van der Waals surface area contributed by atoms with Crippen molar-refractivity contribution in [3.8, 4) is 0 Å². The minimum absolute atomic E-state index is 0.0893. The van der Waals surface area contributed by atoms with E-state index in [1.807, 2.05) is 30.3 Å². The van der Waals surface area contributed by atoms with Gasteiger partial charge in [0.2, 0.25) is 11.8 Å². The molecule has 2 atom stereocenters. The predicted molar refractivity (Wildman–Crippen MR) is 82.5 cm³/mol. The average molecular weight is 327 g/mol. The van der Waals surface area contributed by atoms with Gasteiger partial charge in [0, 0.05) is 12.2 Å². The molecule has 2 fully saturated rings. The summed E-state index contributed by atoms with van der Waals surface area (Å²) in [5, 5.41) is 2.79. The van der Waals surface area contributed by atoms with E-state index in [0.717, 1.165) is 5.69 Å². The molecule has 2 amide bonds. The molecule has 6 heteroatoms. The molecule has 1 saturated carbocycles. The first kappa shape index (κ1) is 14.7. The highest BCUT2D eigenvalue weighted by atomic mass is 35.5. The van der Waals surface area contributed by atoms with E-state index in [4.69, 9.17) is 23.2 Å². The van der Waals surface area contributed by atoms with Gasteiger partial charge in [-0.05, 0) is 31.9 Å². The van der Waals surface area contributed by atoms with Crippen LogP contribution in [0.3, 0.4) is 0 Å². The maximum absolute atomic E-state index is 12.4. The number of halogens is 2. The zero-order valence-corrected chi connectivity index (χ0v) is 13.1. The predicted octanol–water partition coefficient (Wildman–Crippen LogP) is 2.49. The zero-order valence-electron chi connectivity index (χ0n) is 11.6. The number of hydrogen-bond donors (Lipinski definition) is 1. The number of carbonyl (C=O) groups is 2. The van der Waals surface area contributed by atoms with Crippen LogP contribution < -0.4 is 10.2 Å². The summed E-state index contributed by atoms with van der Waals surface area (Å²) in [7, 11) is 0. The molecule has 0 spiro atoms. The van der Waals surface area contributed by atoms with Gasteiger partial charge < -0.3 is 10.2 Å². The van der Waals surface area contributed by atoms with Gasteiger partial charge in [-0.15, -0.1) is 23.2 Å². The molecule has 0 aromatic heterocycles. The van der Waals surface area contributed by atoms with Crippen molar-refractivity contribution < 1.29 is 9.59 Å². The number of anilines is 1. The Bertz CT molecular complexity index is 591. The van der Waals surface area contributed by atoms with Gasteiger partial charge in [0.15, 0.2) is 0 Å². The van der Waals surface area contributed by atoms with E-state index in [0.29, 0.717) is 19.4 Å². The van der Waals surface area contributed by atoms with Crippen LogP contribution in [-0.2, 0) is 9.59 Å². The third-order valence-corrected chi connectivity index (χ3v) is 5.44. The number of amides is 2. The van der Waals surface area contributed by atoms with Crippen molar-refractivity contribution in [2.45, 2.75) is 30.1 Å². The Morgan fingerprint density at radius 2 is 1.95 bits per heavy atom. The summed E-state index contributed by atoms with van der Waals surface area (Å²) in [5.74, 6) is -0.339. The van der Waals surface area contributed by atoms with Crippen molar-refractivity contribution in [3.05, 3.63) is 30.3 Å². The monoisotopic (exact) mass is 326 g/mol. The van der Waals surface area contributed by atoms with Gasteiger partial charge in [0.05, 0.1) is 5.41 Å². The molecule has 1 aliphatic heterocycles. The molecule has 21 heavy (non-hydrogen) atoms. The lowest BCUT2D eigenvalue weighted by Gasteiger charge is -2.19. The summed E-state index contributed by atoms with van der Waals surface area (Å²) in [6.07, 6.45) is 1.01. The number of hydrogen-bond acceptors (Lipinski definition) is 2. The number of nitrogens with zero attached hydrogens (tertiary/aromatic N) is 1. The maximum atomic E-state index is 12.4. The van der Waals surface area contributed by atoms with Gasteiger partial charge in [-0.1, -0.05) is 18.2 Å². The molecule has 3 rings (SSSR count). The Balaban J connectivity index is 1.67. The standard InChI is InChI=1S/C15H16Cl2N2O2/c1-14(9-15(14,16)17)13(21)18-11-7-8-19(12(11)20)10-5-3-2-4-6-10/h2-6,11H,7-9H2,1H3,(H,18,21)/t11-,14+/m1/s1. The minimum atomic E-state index is -1.02. The fraction of sp³-hybridized carbons (Fsp3) is 0.467. The molecule has 112 valence electrons. The van der Waals surface area contributed by atoms with E-state index in [1.165, 1.54) is 0 Å². The summed E-state index contributed by atoms with van der Waals surface area (Å²) >= 11 is 12.0. The summed E-state index contributed by atoms with van der Waals surface area (Å²) in [4.78, 5) is 26.3. The summed E-state index contributed by atoms with van der Waals surface area (Å²) < 4.78 is -1.02. The molecule has 2 aliphatic rings. The van der Waals surface area contributed by atoms with Crippen LogP contribution in [0, 0.1) is 5.41 Å². The van der Waals surface area contributed by atoms with Gasteiger partial charge in [-0.25, -0.2) is 0 Å². The topological polar surface area (TPSA) is 49.4 Å². The van der Waals surface area contributed by atoms with Crippen LogP contribution in [0.15, 0.2) is 30.3 Å². The largest absolute Gasteiger partial charge is 0.344 e. The smallest absolute Gasteiger partial charge is 0.249 e. The lowest BCUT2D eigenvalue weighted by atomic mass is 10.1. The number of rotatable bonds is 3. The highest BCUT2D eigenvalue weighted by molar-refractivity contribution is 6.53. The zero-order chi connectivity index (χ0) is 15.3. The third kappa shape index (κ3) is 2.40. The van der Waals surface area contributed by atoms with Crippen LogP contribution in [0.4, 0.5) is 5.69 Å². The molecule has 1 aromatic rings. The van der Waals surface area contributed by atoms with Crippen LogP contribution >= 0.6 is 23.2 Å². The van der Waals surface area contributed by atoms with Crippen molar-refractivity contribution in [1.82, 2.24) is 5.32 Å². The molecule has 1 heterocycles. The van der Waals surface area contributed by atoms with Gasteiger partial charge in [-0.3, -0.25) is 9.59 Å². The van der Waals surface area contributed by atoms with Crippen molar-refractivity contribution in [3.63, 3.8) is 0 Å². The third-order valence-electron chi connectivity index (χ3n) is 4.34. The first-order valence-corrected chi connectivity index (χ1v) is 7.66. The van der Waals surface area contributed by atoms with E-state index in [-0.39, 0.29) is 11.8 Å². The first-order chi connectivity index (χ1) is 9.85. The van der Waals surface area contributed by atoms with Gasteiger partial charge in [0.1, 0.15) is 10.4 Å². The Labute approximate surface area is 133 Å². The van der Waals surface area contributed by atoms with Gasteiger partial charge in [0.25, 0.3) is 0 Å². The van der Waals surface area contributed by atoms with Crippen LogP contribution in [0.2, 0.25) is 0 Å². The fourth-order valence-corrected chi connectivity index (χ4v) is 3.35. The van der Waals surface area contributed by atoms with E-state index < -0.39 is 15.8 Å². The second kappa shape index (κ2) is 4.89. The van der Waals surface area contributed by atoms with Gasteiger partial charge in [-0.2, -0.15) is 0 Å². The van der Waals surface area contributed by atoms with Crippen LogP contribution in [-0.4, -0.2) is 28.7 Å². The van der Waals surface area contributed by atoms with Crippen molar-refractivity contribution in [1.29, 1.82) is 0 Å². The van der Waals surface area contributed by atoms with Crippen LogP contribution in [0.1, 0.15) is 19.8 Å². The second-order valence-electron chi connectivity index (χ2n) is 5.85. The van der Waals surface area contributed by atoms with E-state index in [9.17, 15) is 9.59 Å². The molecular formula is C15H16Cl2N2O2. The molecule has 1 aromatic carbocycles. The molecule has 1 aliphatic carbocycles. The Morgan fingerprint density at radius 3 is 2.52 bits per heavy atom. The molecule has 1 saturated heterocycles. The Morgan fingerprint density at radius 1 is 1.33 bits per heavy atom. The Hall–Kier alpha value is -1.26. The average Bonchev–Trinajstić information content (AvgIpc) is 2.78. The summed E-state index contributed by atoms with van der Waals surface area (Å²) in [6, 6.07) is 8.93. The SMILES string of the molecule is C[C@@]1(C(=O)N[C@@H]2CCN(c3ccccc3)C2=O)CC1(Cl)Cl. The minimum Gasteiger partial charge on any atom is -0.344 e. The Kier molecular flexibility index (Phi) is 3.41. The van der Waals surface area contributed by atoms with Crippen molar-refractivity contribution in [2.75, 3.05) is 11.4 Å². The molecule has 0 radical (unpaired) electrons. The van der Waals surface area contributed by atoms with E-state index >= 15 is 0 Å². The summed E-state index contributed by atoms with van der Waals surface area (Å²) in [5.41, 5.74) is 0.0530. The number of para-hydroxylation sites is 1. The van der Waals surface area contributed by atoms with Crippen molar-refractivity contribution >= 4 is 40.7 Å². The summed E-state index contributed by atoms with van der Waals surface area (Å²) in [6.45, 7) is 2.31. The second-order valence-corrected chi connectivity index (χ2v) is 7.34. The molecule has 0 bridgehead atoms. The highest BCUT2D eigenvalue weighted by Gasteiger charge is 2.68. The lowest BCUT2D eigenvalue weighted by molar-refractivity contribution is -0.129. The van der Waals surface area contributed by atoms with Gasteiger partial charge >= 0.3 is 0 Å². The highest BCUT2D eigenvalue weighted by Crippen LogP contribution is 2.63. The lowest BCUT2D eigenvalue weighted by Crippen LogP contribution is -2.45. The molecule has 1 N–H and O–H groups in total. The van der Waals surface area contributed by atoms with E-state index in [2.05, 4.69) is 5.32 Å². The number of alkyl halides is 2. The first-order valence-electron chi connectivity index (χ1n) is 6.90. The number of carbonyl (C=O) groups excluding carboxylic acids is 2.